The number of hydrogen-bond acceptors (Lipinski definition) is 8. The minimum absolute atomic E-state index is 0.0868. The Hall–Kier alpha value is -4.51. The number of nitrogen functional groups attached to an aromatic ring is 1. The molecule has 0 saturated heterocycles. The van der Waals surface area contributed by atoms with Crippen molar-refractivity contribution in [3.8, 4) is 11.3 Å². The maximum atomic E-state index is 13.8. The predicted molar refractivity (Wildman–Crippen MR) is 171 cm³/mol. The minimum Gasteiger partial charge on any atom is -0.444 e. The number of carbonyl (C=O) groups excluding carboxylic acids is 2. The topological polar surface area (TPSA) is 127 Å². The van der Waals surface area contributed by atoms with Gasteiger partial charge in [-0.3, -0.25) is 4.79 Å². The van der Waals surface area contributed by atoms with E-state index in [1.165, 1.54) is 12.1 Å². The first-order valence-corrected chi connectivity index (χ1v) is 14.6. The van der Waals surface area contributed by atoms with Crippen molar-refractivity contribution in [3.05, 3.63) is 77.1 Å². The molecule has 10 nitrogen and oxygen atoms in total. The number of nitrogens with two attached hydrogens (primary N) is 1. The van der Waals surface area contributed by atoms with Gasteiger partial charge in [0.2, 0.25) is 11.9 Å². The van der Waals surface area contributed by atoms with E-state index in [0.29, 0.717) is 47.2 Å². The van der Waals surface area contributed by atoms with Gasteiger partial charge in [0.25, 0.3) is 0 Å². The summed E-state index contributed by atoms with van der Waals surface area (Å²) in [6.45, 7) is 8.27. The molecule has 0 bridgehead atoms. The smallest absolute Gasteiger partial charge is 0.408 e. The Kier molecular flexibility index (Phi) is 10.2. The highest BCUT2D eigenvalue weighted by Gasteiger charge is 2.28. The summed E-state index contributed by atoms with van der Waals surface area (Å²) in [5.74, 6) is -0.0171. The number of pyridine rings is 1. The van der Waals surface area contributed by atoms with Gasteiger partial charge in [0.15, 0.2) is 5.82 Å². The quantitative estimate of drug-likeness (QED) is 0.238. The van der Waals surface area contributed by atoms with Gasteiger partial charge in [0.05, 0.1) is 11.2 Å². The van der Waals surface area contributed by atoms with Gasteiger partial charge >= 0.3 is 6.09 Å². The molecular formula is C32H37ClFN7O3. The molecule has 232 valence electrons. The summed E-state index contributed by atoms with van der Waals surface area (Å²) in [6.07, 6.45) is -0.422. The highest BCUT2D eigenvalue weighted by molar-refractivity contribution is 6.30. The Bertz CT molecular complexity index is 1610. The fourth-order valence-corrected chi connectivity index (χ4v) is 4.72. The fraction of sp³-hybridized carbons (Fsp3) is 0.344. The van der Waals surface area contributed by atoms with Gasteiger partial charge in [0, 0.05) is 43.7 Å². The van der Waals surface area contributed by atoms with E-state index in [0.717, 1.165) is 11.1 Å². The molecule has 4 rings (SSSR count). The van der Waals surface area contributed by atoms with E-state index < -0.39 is 17.7 Å². The number of benzene rings is 2. The van der Waals surface area contributed by atoms with Crippen LogP contribution in [0.25, 0.3) is 22.3 Å². The number of fused-ring (bicyclic) bond motifs is 1. The molecule has 2 heterocycles. The van der Waals surface area contributed by atoms with Crippen molar-refractivity contribution < 1.29 is 18.7 Å². The Morgan fingerprint density at radius 2 is 1.68 bits per heavy atom. The van der Waals surface area contributed by atoms with E-state index >= 15 is 0 Å². The average Bonchev–Trinajstić information content (AvgIpc) is 2.96. The lowest BCUT2D eigenvalue weighted by atomic mass is 10.0. The normalized spacial score (nSPS) is 12.1. The van der Waals surface area contributed by atoms with Crippen LogP contribution in [0.4, 0.5) is 21.0 Å². The number of nitrogens with one attached hydrogen (secondary N) is 1. The van der Waals surface area contributed by atoms with E-state index in [-0.39, 0.29) is 24.1 Å². The number of ether oxygens (including phenoxy) is 1. The zero-order valence-electron chi connectivity index (χ0n) is 25.5. The average molecular weight is 622 g/mol. The van der Waals surface area contributed by atoms with Crippen LogP contribution in [0.5, 0.6) is 0 Å². The van der Waals surface area contributed by atoms with Crippen molar-refractivity contribution in [2.75, 3.05) is 37.3 Å². The first-order valence-electron chi connectivity index (χ1n) is 14.3. The van der Waals surface area contributed by atoms with Gasteiger partial charge in [0.1, 0.15) is 23.0 Å². The number of rotatable bonds is 10. The van der Waals surface area contributed by atoms with Crippen LogP contribution in [0.15, 0.2) is 60.7 Å². The van der Waals surface area contributed by atoms with Crippen LogP contribution in [0.2, 0.25) is 5.02 Å². The number of amides is 2. The standard InChI is InChI=1S/C32H37ClFN7O3/c1-6-41(29(42)26(38-31(43)44-32(2,3)4)19-20-7-11-22(33)12-8-20)18-17-40(5)28-27-25(37-30(35)39-28)16-15-24(36-27)21-9-13-23(34)14-10-21/h7-16,26H,6,17-19H2,1-5H3,(H,38,43)(H2,35,37,39)/t26-/m1/s1. The van der Waals surface area contributed by atoms with E-state index in [9.17, 15) is 14.0 Å². The summed E-state index contributed by atoms with van der Waals surface area (Å²) >= 11 is 6.05. The second-order valence-electron chi connectivity index (χ2n) is 11.3. The van der Waals surface area contributed by atoms with Gasteiger partial charge < -0.3 is 25.6 Å². The van der Waals surface area contributed by atoms with Crippen LogP contribution in [-0.4, -0.2) is 70.2 Å². The first-order chi connectivity index (χ1) is 20.8. The number of carbonyl (C=O) groups is 2. The molecule has 2 aromatic carbocycles. The van der Waals surface area contributed by atoms with Crippen molar-refractivity contribution >= 4 is 46.4 Å². The van der Waals surface area contributed by atoms with Gasteiger partial charge in [-0.2, -0.15) is 4.98 Å². The van der Waals surface area contributed by atoms with Crippen LogP contribution in [0.1, 0.15) is 33.3 Å². The first kappa shape index (κ1) is 32.4. The summed E-state index contributed by atoms with van der Waals surface area (Å²) in [5.41, 5.74) is 8.58. The van der Waals surface area contributed by atoms with Crippen molar-refractivity contribution in [2.45, 2.75) is 45.8 Å². The molecule has 2 aromatic heterocycles. The molecule has 0 saturated carbocycles. The lowest BCUT2D eigenvalue weighted by Gasteiger charge is -2.30. The highest BCUT2D eigenvalue weighted by Crippen LogP contribution is 2.26. The van der Waals surface area contributed by atoms with Gasteiger partial charge in [-0.05, 0) is 81.8 Å². The molecule has 0 unspecified atom stereocenters. The van der Waals surface area contributed by atoms with E-state index in [1.54, 1.807) is 62.1 Å². The zero-order valence-corrected chi connectivity index (χ0v) is 26.2. The van der Waals surface area contributed by atoms with E-state index in [1.807, 2.05) is 31.0 Å². The largest absolute Gasteiger partial charge is 0.444 e. The predicted octanol–water partition coefficient (Wildman–Crippen LogP) is 5.49. The number of aromatic nitrogens is 3. The molecular weight excluding hydrogens is 585 g/mol. The third-order valence-corrected chi connectivity index (χ3v) is 7.04. The zero-order chi connectivity index (χ0) is 32.0. The summed E-state index contributed by atoms with van der Waals surface area (Å²) in [6, 6.07) is 15.9. The summed E-state index contributed by atoms with van der Waals surface area (Å²) in [4.78, 5) is 43.6. The number of hydrogen-bond donors (Lipinski definition) is 2. The number of likely N-dealkylation sites (N-methyl/N-ethyl adjacent to an activating group) is 2. The molecule has 0 radical (unpaired) electrons. The SMILES string of the molecule is CCN(CCN(C)c1nc(N)nc2ccc(-c3ccc(F)cc3)nc12)C(=O)[C@@H](Cc1ccc(Cl)cc1)NC(=O)OC(C)(C)C. The minimum atomic E-state index is -0.869. The number of alkyl carbamates (subject to hydrolysis) is 1. The van der Waals surface area contributed by atoms with Crippen LogP contribution in [0, 0.1) is 5.82 Å². The number of anilines is 2. The van der Waals surface area contributed by atoms with Gasteiger partial charge in [-0.25, -0.2) is 19.2 Å². The molecule has 44 heavy (non-hydrogen) atoms. The lowest BCUT2D eigenvalue weighted by molar-refractivity contribution is -0.133. The Balaban J connectivity index is 1.55. The van der Waals surface area contributed by atoms with Crippen molar-refractivity contribution in [1.82, 2.24) is 25.2 Å². The van der Waals surface area contributed by atoms with E-state index in [4.69, 9.17) is 27.1 Å². The molecule has 3 N–H and O–H groups in total. The number of nitrogens with zero attached hydrogens (tertiary/aromatic N) is 5. The van der Waals surface area contributed by atoms with Crippen LogP contribution in [-0.2, 0) is 16.0 Å². The van der Waals surface area contributed by atoms with Gasteiger partial charge in [-0.15, -0.1) is 0 Å². The van der Waals surface area contributed by atoms with Crippen LogP contribution in [0.3, 0.4) is 0 Å². The molecule has 0 aliphatic heterocycles. The second kappa shape index (κ2) is 13.9. The van der Waals surface area contributed by atoms with Crippen molar-refractivity contribution in [3.63, 3.8) is 0 Å². The molecule has 4 aromatic rings. The van der Waals surface area contributed by atoms with Crippen molar-refractivity contribution in [2.24, 2.45) is 0 Å². The lowest BCUT2D eigenvalue weighted by Crippen LogP contribution is -2.52. The summed E-state index contributed by atoms with van der Waals surface area (Å²) < 4.78 is 18.9. The third kappa shape index (κ3) is 8.53. The molecule has 0 aliphatic carbocycles. The fourth-order valence-electron chi connectivity index (χ4n) is 4.59. The third-order valence-electron chi connectivity index (χ3n) is 6.78. The highest BCUT2D eigenvalue weighted by atomic mass is 35.5. The maximum absolute atomic E-state index is 13.8. The summed E-state index contributed by atoms with van der Waals surface area (Å²) in [5, 5.41) is 3.33. The molecule has 0 aliphatic rings. The maximum Gasteiger partial charge on any atom is 0.408 e. The molecule has 1 atom stereocenters. The Labute approximate surface area is 261 Å². The molecule has 12 heteroatoms. The molecule has 0 fully saturated rings. The van der Waals surface area contributed by atoms with Crippen molar-refractivity contribution in [1.29, 1.82) is 0 Å². The second-order valence-corrected chi connectivity index (χ2v) is 11.8. The molecule has 0 spiro atoms. The van der Waals surface area contributed by atoms with Crippen LogP contribution >= 0.6 is 11.6 Å². The van der Waals surface area contributed by atoms with Crippen LogP contribution < -0.4 is 16.0 Å². The van der Waals surface area contributed by atoms with Gasteiger partial charge in [-0.1, -0.05) is 23.7 Å². The van der Waals surface area contributed by atoms with E-state index in [2.05, 4.69) is 15.3 Å². The number of halogens is 2. The Morgan fingerprint density at radius 1 is 1.00 bits per heavy atom. The monoisotopic (exact) mass is 621 g/mol. The Morgan fingerprint density at radius 3 is 2.32 bits per heavy atom. The molecule has 2 amide bonds. The summed E-state index contributed by atoms with van der Waals surface area (Å²) in [7, 11) is 1.83.